The third-order valence-corrected chi connectivity index (χ3v) is 3.83. The molecular weight excluding hydrogens is 212 g/mol. The minimum Gasteiger partial charge on any atom is -0.393 e. The molecule has 17 heavy (non-hydrogen) atoms. The van der Waals surface area contributed by atoms with Crippen molar-refractivity contribution in [3.05, 3.63) is 35.9 Å². The Kier molecular flexibility index (Phi) is 4.57. The van der Waals surface area contributed by atoms with Gasteiger partial charge in [-0.3, -0.25) is 0 Å². The van der Waals surface area contributed by atoms with Crippen molar-refractivity contribution in [3.8, 4) is 0 Å². The number of methoxy groups -OCH3 is 1. The summed E-state index contributed by atoms with van der Waals surface area (Å²) in [7, 11) is 1.76. The molecule has 1 saturated carbocycles. The van der Waals surface area contributed by atoms with Gasteiger partial charge in [-0.05, 0) is 30.7 Å². The van der Waals surface area contributed by atoms with Crippen LogP contribution in [0.1, 0.15) is 37.2 Å². The maximum absolute atomic E-state index is 9.80. The lowest BCUT2D eigenvalue weighted by molar-refractivity contribution is 0.0720. The van der Waals surface area contributed by atoms with Crippen LogP contribution in [0.3, 0.4) is 0 Å². The second kappa shape index (κ2) is 6.18. The zero-order valence-corrected chi connectivity index (χ0v) is 10.5. The van der Waals surface area contributed by atoms with Crippen molar-refractivity contribution < 1.29 is 9.84 Å². The Labute approximate surface area is 104 Å². The monoisotopic (exact) mass is 234 g/mol. The van der Waals surface area contributed by atoms with Gasteiger partial charge in [-0.1, -0.05) is 36.8 Å². The first kappa shape index (κ1) is 12.6. The smallest absolute Gasteiger partial charge is 0.0543 e. The van der Waals surface area contributed by atoms with Crippen molar-refractivity contribution in [3.63, 3.8) is 0 Å². The van der Waals surface area contributed by atoms with Crippen LogP contribution in [0.15, 0.2) is 30.3 Å². The molecule has 0 saturated heterocycles. The molecule has 2 heteroatoms. The molecule has 1 aromatic rings. The molecule has 1 aromatic carbocycles. The number of benzene rings is 1. The molecule has 0 heterocycles. The molecule has 0 radical (unpaired) electrons. The molecule has 2 nitrogen and oxygen atoms in total. The van der Waals surface area contributed by atoms with Crippen LogP contribution in [0.5, 0.6) is 0 Å². The zero-order chi connectivity index (χ0) is 12.1. The van der Waals surface area contributed by atoms with Crippen LogP contribution >= 0.6 is 0 Å². The van der Waals surface area contributed by atoms with Crippen LogP contribution in [0.2, 0.25) is 0 Å². The molecule has 94 valence electrons. The van der Waals surface area contributed by atoms with Gasteiger partial charge >= 0.3 is 0 Å². The molecule has 0 spiro atoms. The molecule has 0 amide bonds. The Bertz CT molecular complexity index is 323. The van der Waals surface area contributed by atoms with Gasteiger partial charge in [-0.2, -0.15) is 0 Å². The molecule has 2 rings (SSSR count). The van der Waals surface area contributed by atoms with Gasteiger partial charge in [0.1, 0.15) is 0 Å². The number of aliphatic hydroxyl groups is 1. The Morgan fingerprint density at radius 1 is 1.29 bits per heavy atom. The molecule has 0 unspecified atom stereocenters. The van der Waals surface area contributed by atoms with Gasteiger partial charge in [-0.25, -0.2) is 0 Å². The van der Waals surface area contributed by atoms with E-state index < -0.39 is 0 Å². The van der Waals surface area contributed by atoms with Gasteiger partial charge in [0.15, 0.2) is 0 Å². The largest absolute Gasteiger partial charge is 0.393 e. The first-order chi connectivity index (χ1) is 8.31. The average Bonchev–Trinajstić information content (AvgIpc) is 2.37. The van der Waals surface area contributed by atoms with Crippen LogP contribution in [0.25, 0.3) is 0 Å². The highest BCUT2D eigenvalue weighted by Crippen LogP contribution is 2.36. The second-order valence-electron chi connectivity index (χ2n) is 5.05. The number of aliphatic hydroxyl groups excluding tert-OH is 1. The van der Waals surface area contributed by atoms with E-state index in [9.17, 15) is 5.11 Å². The van der Waals surface area contributed by atoms with Crippen molar-refractivity contribution in [1.82, 2.24) is 0 Å². The maximum atomic E-state index is 9.80. The second-order valence-corrected chi connectivity index (χ2v) is 5.05. The normalized spacial score (nSPS) is 26.7. The number of rotatable bonds is 4. The van der Waals surface area contributed by atoms with E-state index in [0.29, 0.717) is 11.8 Å². The summed E-state index contributed by atoms with van der Waals surface area (Å²) in [5.41, 5.74) is 1.34. The van der Waals surface area contributed by atoms with E-state index in [4.69, 9.17) is 4.74 Å². The zero-order valence-electron chi connectivity index (χ0n) is 10.5. The molecule has 1 N–H and O–H groups in total. The first-order valence-electron chi connectivity index (χ1n) is 6.53. The minimum absolute atomic E-state index is 0.114. The highest BCUT2D eigenvalue weighted by molar-refractivity contribution is 5.20. The minimum atomic E-state index is -0.114. The Balaban J connectivity index is 2.11. The Morgan fingerprint density at radius 2 is 2.06 bits per heavy atom. The fourth-order valence-electron chi connectivity index (χ4n) is 2.95. The lowest BCUT2D eigenvalue weighted by atomic mass is 9.76. The molecule has 0 aliphatic heterocycles. The van der Waals surface area contributed by atoms with Crippen molar-refractivity contribution in [2.75, 3.05) is 13.7 Å². The van der Waals surface area contributed by atoms with Crippen molar-refractivity contribution in [1.29, 1.82) is 0 Å². The average molecular weight is 234 g/mol. The van der Waals surface area contributed by atoms with Crippen LogP contribution in [-0.4, -0.2) is 24.9 Å². The third kappa shape index (κ3) is 3.30. The molecule has 1 aliphatic rings. The van der Waals surface area contributed by atoms with E-state index in [-0.39, 0.29) is 6.10 Å². The highest BCUT2D eigenvalue weighted by Gasteiger charge is 2.28. The fourth-order valence-corrected chi connectivity index (χ4v) is 2.95. The van der Waals surface area contributed by atoms with E-state index in [0.717, 1.165) is 25.9 Å². The van der Waals surface area contributed by atoms with E-state index in [2.05, 4.69) is 24.3 Å². The van der Waals surface area contributed by atoms with Gasteiger partial charge in [0.05, 0.1) is 12.7 Å². The predicted molar refractivity (Wildman–Crippen MR) is 69.0 cm³/mol. The Hall–Kier alpha value is -0.860. The topological polar surface area (TPSA) is 29.5 Å². The van der Waals surface area contributed by atoms with Gasteiger partial charge < -0.3 is 9.84 Å². The molecule has 1 fully saturated rings. The molecule has 0 bridgehead atoms. The van der Waals surface area contributed by atoms with Gasteiger partial charge in [-0.15, -0.1) is 0 Å². The van der Waals surface area contributed by atoms with Crippen LogP contribution in [-0.2, 0) is 4.74 Å². The maximum Gasteiger partial charge on any atom is 0.0543 e. The number of ether oxygens (including phenoxy) is 1. The molecular formula is C15H22O2. The SMILES string of the molecule is COC[C@H](c1ccccc1)[C@H]1CCC[C@@H](O)C1. The van der Waals surface area contributed by atoms with Crippen molar-refractivity contribution >= 4 is 0 Å². The van der Waals surface area contributed by atoms with E-state index in [1.807, 2.05) is 6.07 Å². The summed E-state index contributed by atoms with van der Waals surface area (Å²) in [6.07, 6.45) is 4.11. The van der Waals surface area contributed by atoms with Crippen molar-refractivity contribution in [2.45, 2.75) is 37.7 Å². The summed E-state index contributed by atoms with van der Waals surface area (Å²) < 4.78 is 5.37. The summed E-state index contributed by atoms with van der Waals surface area (Å²) >= 11 is 0. The molecule has 1 aliphatic carbocycles. The lowest BCUT2D eigenvalue weighted by Gasteiger charge is -2.32. The fraction of sp³-hybridized carbons (Fsp3) is 0.600. The van der Waals surface area contributed by atoms with Crippen LogP contribution < -0.4 is 0 Å². The standard InChI is InChI=1S/C15H22O2/c1-17-11-15(12-6-3-2-4-7-12)13-8-5-9-14(16)10-13/h2-4,6-7,13-16H,5,8-11H2,1H3/t13-,14+,15+/m0/s1. The molecule has 0 aromatic heterocycles. The van der Waals surface area contributed by atoms with Crippen LogP contribution in [0.4, 0.5) is 0 Å². The number of hydrogen-bond donors (Lipinski definition) is 1. The lowest BCUT2D eigenvalue weighted by Crippen LogP contribution is -2.26. The highest BCUT2D eigenvalue weighted by atomic mass is 16.5. The van der Waals surface area contributed by atoms with Crippen LogP contribution in [0, 0.1) is 5.92 Å². The van der Waals surface area contributed by atoms with E-state index in [1.54, 1.807) is 7.11 Å². The summed E-state index contributed by atoms with van der Waals surface area (Å²) in [4.78, 5) is 0. The van der Waals surface area contributed by atoms with Gasteiger partial charge in [0.25, 0.3) is 0 Å². The third-order valence-electron chi connectivity index (χ3n) is 3.83. The summed E-state index contributed by atoms with van der Waals surface area (Å²) in [6, 6.07) is 10.5. The van der Waals surface area contributed by atoms with Crippen molar-refractivity contribution in [2.24, 2.45) is 5.92 Å². The summed E-state index contributed by atoms with van der Waals surface area (Å²) in [5.74, 6) is 0.984. The quantitative estimate of drug-likeness (QED) is 0.868. The van der Waals surface area contributed by atoms with E-state index >= 15 is 0 Å². The van der Waals surface area contributed by atoms with Gasteiger partial charge in [0.2, 0.25) is 0 Å². The Morgan fingerprint density at radius 3 is 2.71 bits per heavy atom. The molecule has 3 atom stereocenters. The first-order valence-corrected chi connectivity index (χ1v) is 6.53. The summed E-state index contributed by atoms with van der Waals surface area (Å²) in [6.45, 7) is 0.751. The van der Waals surface area contributed by atoms with Gasteiger partial charge in [0, 0.05) is 13.0 Å². The number of hydrogen-bond acceptors (Lipinski definition) is 2. The van der Waals surface area contributed by atoms with E-state index in [1.165, 1.54) is 12.0 Å². The summed E-state index contributed by atoms with van der Waals surface area (Å²) in [5, 5.41) is 9.80. The predicted octanol–water partition coefficient (Wildman–Crippen LogP) is 2.97.